The van der Waals surface area contributed by atoms with Crippen molar-refractivity contribution in [2.45, 2.75) is 18.4 Å². The van der Waals surface area contributed by atoms with Gasteiger partial charge >= 0.3 is 0 Å². The summed E-state index contributed by atoms with van der Waals surface area (Å²) in [5, 5.41) is 3.73. The Hall–Kier alpha value is -2.82. The highest BCUT2D eigenvalue weighted by molar-refractivity contribution is 5.63. The Morgan fingerprint density at radius 2 is 1.63 bits per heavy atom. The zero-order chi connectivity index (χ0) is 19.0. The minimum absolute atomic E-state index is 0.152. The van der Waals surface area contributed by atoms with Gasteiger partial charge in [-0.15, -0.1) is 0 Å². The van der Waals surface area contributed by atoms with Crippen LogP contribution in [-0.2, 0) is 0 Å². The lowest BCUT2D eigenvalue weighted by atomic mass is 9.77. The van der Waals surface area contributed by atoms with E-state index in [1.165, 1.54) is 5.56 Å². The highest BCUT2D eigenvalue weighted by Crippen LogP contribution is 2.52. The van der Waals surface area contributed by atoms with Crippen molar-refractivity contribution in [3.05, 3.63) is 53.6 Å². The Bertz CT molecular complexity index is 852. The Kier molecular flexibility index (Phi) is 4.60. The number of fused-ring (bicyclic) bond motifs is 3. The van der Waals surface area contributed by atoms with Gasteiger partial charge in [0.15, 0.2) is 11.5 Å². The number of hydrogen-bond acceptors (Lipinski definition) is 5. The van der Waals surface area contributed by atoms with Crippen LogP contribution in [0.3, 0.4) is 0 Å². The number of ether oxygens (including phenoxy) is 4. The van der Waals surface area contributed by atoms with Crippen LogP contribution in [0.4, 0.5) is 5.69 Å². The van der Waals surface area contributed by atoms with Crippen LogP contribution < -0.4 is 24.3 Å². The van der Waals surface area contributed by atoms with Crippen LogP contribution in [-0.4, -0.2) is 28.4 Å². The van der Waals surface area contributed by atoms with Crippen molar-refractivity contribution in [1.29, 1.82) is 0 Å². The topological polar surface area (TPSA) is 49.0 Å². The fourth-order valence-corrected chi connectivity index (χ4v) is 4.31. The molecule has 27 heavy (non-hydrogen) atoms. The number of anilines is 1. The van der Waals surface area contributed by atoms with Crippen molar-refractivity contribution in [1.82, 2.24) is 0 Å². The SMILES string of the molecule is COc1ccc2c(c1)C1C=CCC1C(c1cc(OC)c(OC)c(OC)c1)N2. The second-order valence-corrected chi connectivity index (χ2v) is 6.89. The molecule has 0 fully saturated rings. The average molecular weight is 367 g/mol. The lowest BCUT2D eigenvalue weighted by Crippen LogP contribution is -2.29. The van der Waals surface area contributed by atoms with E-state index in [0.717, 1.165) is 23.4 Å². The van der Waals surface area contributed by atoms with Crippen LogP contribution in [0.5, 0.6) is 23.0 Å². The molecule has 1 heterocycles. The van der Waals surface area contributed by atoms with Gasteiger partial charge in [-0.2, -0.15) is 0 Å². The summed E-state index contributed by atoms with van der Waals surface area (Å²) < 4.78 is 22.0. The van der Waals surface area contributed by atoms with Gasteiger partial charge in [-0.05, 0) is 53.8 Å². The Balaban J connectivity index is 1.79. The van der Waals surface area contributed by atoms with E-state index in [2.05, 4.69) is 29.6 Å². The van der Waals surface area contributed by atoms with Crippen molar-refractivity contribution in [3.63, 3.8) is 0 Å². The molecule has 1 aliphatic carbocycles. The van der Waals surface area contributed by atoms with E-state index in [4.69, 9.17) is 18.9 Å². The molecule has 3 atom stereocenters. The van der Waals surface area contributed by atoms with Crippen LogP contribution in [0.1, 0.15) is 29.5 Å². The third kappa shape index (κ3) is 2.87. The number of allylic oxidation sites excluding steroid dienone is 2. The third-order valence-electron chi connectivity index (χ3n) is 5.62. The van der Waals surface area contributed by atoms with E-state index >= 15 is 0 Å². The van der Waals surface area contributed by atoms with Gasteiger partial charge in [0.25, 0.3) is 0 Å². The third-order valence-corrected chi connectivity index (χ3v) is 5.62. The zero-order valence-corrected chi connectivity index (χ0v) is 16.1. The number of hydrogen-bond donors (Lipinski definition) is 1. The summed E-state index contributed by atoms with van der Waals surface area (Å²) in [6, 6.07) is 10.5. The summed E-state index contributed by atoms with van der Waals surface area (Å²) in [6.45, 7) is 0. The molecule has 2 aromatic rings. The maximum absolute atomic E-state index is 5.56. The highest BCUT2D eigenvalue weighted by Gasteiger charge is 2.38. The van der Waals surface area contributed by atoms with Crippen molar-refractivity contribution in [2.24, 2.45) is 5.92 Å². The van der Waals surface area contributed by atoms with Crippen LogP contribution in [0.2, 0.25) is 0 Å². The molecule has 3 unspecified atom stereocenters. The predicted octanol–water partition coefficient (Wildman–Crippen LogP) is 4.55. The predicted molar refractivity (Wildman–Crippen MR) is 105 cm³/mol. The number of nitrogens with one attached hydrogen (secondary N) is 1. The van der Waals surface area contributed by atoms with Crippen LogP contribution >= 0.6 is 0 Å². The van der Waals surface area contributed by atoms with E-state index in [-0.39, 0.29) is 6.04 Å². The molecule has 0 aromatic heterocycles. The molecule has 0 saturated heterocycles. The number of rotatable bonds is 5. The van der Waals surface area contributed by atoms with E-state index in [1.54, 1.807) is 28.4 Å². The average Bonchev–Trinajstić information content (AvgIpc) is 3.21. The van der Waals surface area contributed by atoms with Crippen LogP contribution in [0.15, 0.2) is 42.5 Å². The normalized spacial score (nSPS) is 22.4. The molecule has 142 valence electrons. The molecule has 1 aliphatic heterocycles. The van der Waals surface area contributed by atoms with E-state index < -0.39 is 0 Å². The molecule has 1 N–H and O–H groups in total. The van der Waals surface area contributed by atoms with Gasteiger partial charge in [-0.3, -0.25) is 0 Å². The van der Waals surface area contributed by atoms with Gasteiger partial charge in [0.1, 0.15) is 5.75 Å². The Morgan fingerprint density at radius 1 is 0.889 bits per heavy atom. The molecule has 0 saturated carbocycles. The second-order valence-electron chi connectivity index (χ2n) is 6.89. The van der Waals surface area contributed by atoms with Gasteiger partial charge in [0.05, 0.1) is 34.5 Å². The van der Waals surface area contributed by atoms with E-state index in [9.17, 15) is 0 Å². The van der Waals surface area contributed by atoms with Gasteiger partial charge in [0, 0.05) is 11.6 Å². The molecule has 0 radical (unpaired) electrons. The summed E-state index contributed by atoms with van der Waals surface area (Å²) in [6.07, 6.45) is 5.61. The van der Waals surface area contributed by atoms with Gasteiger partial charge in [0.2, 0.25) is 5.75 Å². The molecular weight excluding hydrogens is 342 g/mol. The zero-order valence-electron chi connectivity index (χ0n) is 16.1. The van der Waals surface area contributed by atoms with Crippen LogP contribution in [0.25, 0.3) is 0 Å². The summed E-state index contributed by atoms with van der Waals surface area (Å²) in [5.41, 5.74) is 3.56. The molecule has 2 aliphatic rings. The molecule has 5 heteroatoms. The first-order valence-electron chi connectivity index (χ1n) is 9.11. The van der Waals surface area contributed by atoms with Gasteiger partial charge < -0.3 is 24.3 Å². The minimum Gasteiger partial charge on any atom is -0.497 e. The largest absolute Gasteiger partial charge is 0.497 e. The van der Waals surface area contributed by atoms with Gasteiger partial charge in [-0.25, -0.2) is 0 Å². The maximum atomic E-state index is 5.56. The quantitative estimate of drug-likeness (QED) is 0.786. The van der Waals surface area contributed by atoms with Crippen molar-refractivity contribution in [2.75, 3.05) is 33.8 Å². The van der Waals surface area contributed by atoms with Crippen molar-refractivity contribution >= 4 is 5.69 Å². The van der Waals surface area contributed by atoms with Crippen molar-refractivity contribution in [3.8, 4) is 23.0 Å². The number of benzene rings is 2. The minimum atomic E-state index is 0.152. The van der Waals surface area contributed by atoms with Crippen LogP contribution in [0, 0.1) is 5.92 Å². The number of methoxy groups -OCH3 is 4. The second kappa shape index (κ2) is 7.06. The van der Waals surface area contributed by atoms with Crippen molar-refractivity contribution < 1.29 is 18.9 Å². The molecule has 0 spiro atoms. The lowest BCUT2D eigenvalue weighted by Gasteiger charge is -2.38. The molecule has 4 rings (SSSR count). The summed E-state index contributed by atoms with van der Waals surface area (Å²) >= 11 is 0. The molecule has 2 aromatic carbocycles. The Morgan fingerprint density at radius 3 is 2.26 bits per heavy atom. The fraction of sp³-hybridized carbons (Fsp3) is 0.364. The summed E-state index contributed by atoms with van der Waals surface area (Å²) in [7, 11) is 6.63. The summed E-state index contributed by atoms with van der Waals surface area (Å²) in [5.74, 6) is 3.65. The van der Waals surface area contributed by atoms with Gasteiger partial charge in [-0.1, -0.05) is 12.2 Å². The highest BCUT2D eigenvalue weighted by atomic mass is 16.5. The summed E-state index contributed by atoms with van der Waals surface area (Å²) in [4.78, 5) is 0. The first-order chi connectivity index (χ1) is 13.2. The first kappa shape index (κ1) is 17.6. The molecule has 0 bridgehead atoms. The maximum Gasteiger partial charge on any atom is 0.203 e. The van der Waals surface area contributed by atoms with E-state index in [1.807, 2.05) is 18.2 Å². The molecule has 0 amide bonds. The molecular formula is C22H25NO4. The standard InChI is InChI=1S/C22H25NO4/c1-24-14-8-9-18-17(12-14)15-6-5-7-16(15)21(23-18)13-10-19(25-2)22(27-4)20(11-13)26-3/h5-6,8-12,15-16,21,23H,7H2,1-4H3. The smallest absolute Gasteiger partial charge is 0.203 e. The molecule has 5 nitrogen and oxygen atoms in total. The monoisotopic (exact) mass is 367 g/mol. The fourth-order valence-electron chi connectivity index (χ4n) is 4.31. The van der Waals surface area contributed by atoms with E-state index in [0.29, 0.717) is 29.1 Å². The Labute approximate surface area is 159 Å². The lowest BCUT2D eigenvalue weighted by molar-refractivity contribution is 0.322. The first-order valence-corrected chi connectivity index (χ1v) is 9.11.